The smallest absolute Gasteiger partial charge is 0.199 e. The van der Waals surface area contributed by atoms with Crippen LogP contribution < -0.4 is 4.74 Å². The molecule has 1 aliphatic heterocycles. The van der Waals surface area contributed by atoms with Crippen LogP contribution in [0.2, 0.25) is 0 Å². The number of rotatable bonds is 5. The fraction of sp³-hybridized carbons (Fsp3) is 0.467. The van der Waals surface area contributed by atoms with E-state index in [0.29, 0.717) is 6.42 Å². The van der Waals surface area contributed by atoms with Crippen LogP contribution in [0.5, 0.6) is 5.75 Å². The zero-order chi connectivity index (χ0) is 12.6. The molecule has 1 fully saturated rings. The average molecular weight is 248 g/mol. The quantitative estimate of drug-likeness (QED) is 0.870. The Morgan fingerprint density at radius 1 is 1.33 bits per heavy atom. The number of ether oxygens (including phenoxy) is 2. The molecule has 0 spiro atoms. The van der Waals surface area contributed by atoms with Crippen LogP contribution in [0.4, 0.5) is 0 Å². The Hall–Kier alpha value is -1.32. The molecule has 18 heavy (non-hydrogen) atoms. The lowest BCUT2D eigenvalue weighted by Crippen LogP contribution is -2.25. The maximum atomic E-state index is 8.77. The zero-order valence-corrected chi connectivity index (χ0v) is 10.5. The minimum atomic E-state index is -0.119. The molecule has 1 saturated heterocycles. The highest BCUT2D eigenvalue weighted by molar-refractivity contribution is 5.57. The van der Waals surface area contributed by atoms with Crippen molar-refractivity contribution in [3.8, 4) is 5.75 Å². The standard InChI is InChI=1S/C15H20O3/c16-11-5-3-8-13-7-1-2-9-14(13)18-15-10-4-6-12-17-15/h1-3,7-9,15-16H,4-6,10-12H2/b8-3+. The molecule has 2 rings (SSSR count). The van der Waals surface area contributed by atoms with Crippen LogP contribution in [0.15, 0.2) is 30.3 Å². The molecule has 0 radical (unpaired) electrons. The lowest BCUT2D eigenvalue weighted by Gasteiger charge is -2.24. The van der Waals surface area contributed by atoms with E-state index in [0.717, 1.165) is 37.2 Å². The van der Waals surface area contributed by atoms with Gasteiger partial charge in [0.05, 0.1) is 6.61 Å². The van der Waals surface area contributed by atoms with Crippen LogP contribution >= 0.6 is 0 Å². The molecule has 1 aliphatic rings. The lowest BCUT2D eigenvalue weighted by atomic mass is 10.1. The first-order valence-corrected chi connectivity index (χ1v) is 6.55. The summed E-state index contributed by atoms with van der Waals surface area (Å²) >= 11 is 0. The van der Waals surface area contributed by atoms with Crippen LogP contribution in [0, 0.1) is 0 Å². The van der Waals surface area contributed by atoms with Crippen molar-refractivity contribution in [2.45, 2.75) is 32.0 Å². The Balaban J connectivity index is 2.01. The number of hydrogen-bond acceptors (Lipinski definition) is 3. The maximum Gasteiger partial charge on any atom is 0.199 e. The van der Waals surface area contributed by atoms with Gasteiger partial charge in [0.1, 0.15) is 5.75 Å². The molecule has 3 heteroatoms. The van der Waals surface area contributed by atoms with Gasteiger partial charge in [-0.15, -0.1) is 0 Å². The van der Waals surface area contributed by atoms with E-state index >= 15 is 0 Å². The predicted octanol–water partition coefficient (Wildman–Crippen LogP) is 2.99. The number of hydrogen-bond donors (Lipinski definition) is 1. The second-order valence-corrected chi connectivity index (χ2v) is 4.37. The Kier molecular flexibility index (Phi) is 5.24. The van der Waals surface area contributed by atoms with E-state index in [4.69, 9.17) is 14.6 Å². The highest BCUT2D eigenvalue weighted by Crippen LogP contribution is 2.24. The van der Waals surface area contributed by atoms with Crippen molar-refractivity contribution in [2.75, 3.05) is 13.2 Å². The molecule has 1 atom stereocenters. The van der Waals surface area contributed by atoms with E-state index in [1.165, 1.54) is 0 Å². The SMILES string of the molecule is OCC/C=C/c1ccccc1OC1CCCCO1. The topological polar surface area (TPSA) is 38.7 Å². The van der Waals surface area contributed by atoms with E-state index < -0.39 is 0 Å². The maximum absolute atomic E-state index is 8.77. The summed E-state index contributed by atoms with van der Waals surface area (Å²) in [5.41, 5.74) is 1.03. The van der Waals surface area contributed by atoms with E-state index in [1.807, 2.05) is 36.4 Å². The molecule has 1 unspecified atom stereocenters. The minimum absolute atomic E-state index is 0.119. The Bertz CT molecular complexity index is 381. The first kappa shape index (κ1) is 13.1. The van der Waals surface area contributed by atoms with E-state index in [2.05, 4.69) is 0 Å². The van der Waals surface area contributed by atoms with Crippen molar-refractivity contribution in [3.63, 3.8) is 0 Å². The van der Waals surface area contributed by atoms with Gasteiger partial charge in [0.25, 0.3) is 0 Å². The highest BCUT2D eigenvalue weighted by Gasteiger charge is 2.15. The fourth-order valence-electron chi connectivity index (χ4n) is 1.96. The minimum Gasteiger partial charge on any atom is -0.464 e. The molecular weight excluding hydrogens is 228 g/mol. The Morgan fingerprint density at radius 3 is 3.00 bits per heavy atom. The molecule has 1 aromatic rings. The zero-order valence-electron chi connectivity index (χ0n) is 10.5. The molecule has 3 nitrogen and oxygen atoms in total. The number of aliphatic hydroxyl groups excluding tert-OH is 1. The number of para-hydroxylation sites is 1. The molecule has 0 saturated carbocycles. The average Bonchev–Trinajstić information content (AvgIpc) is 2.42. The van der Waals surface area contributed by atoms with E-state index in [-0.39, 0.29) is 12.9 Å². The largest absolute Gasteiger partial charge is 0.464 e. The van der Waals surface area contributed by atoms with Crippen molar-refractivity contribution in [1.82, 2.24) is 0 Å². The summed E-state index contributed by atoms with van der Waals surface area (Å²) in [4.78, 5) is 0. The molecule has 0 aliphatic carbocycles. The van der Waals surface area contributed by atoms with Gasteiger partial charge in [-0.2, -0.15) is 0 Å². The first-order chi connectivity index (χ1) is 8.90. The molecule has 98 valence electrons. The second kappa shape index (κ2) is 7.19. The van der Waals surface area contributed by atoms with Crippen molar-refractivity contribution in [2.24, 2.45) is 0 Å². The van der Waals surface area contributed by atoms with E-state index in [1.54, 1.807) is 0 Å². The predicted molar refractivity (Wildman–Crippen MR) is 71.4 cm³/mol. The fourth-order valence-corrected chi connectivity index (χ4v) is 1.96. The van der Waals surface area contributed by atoms with Crippen LogP contribution in [0.1, 0.15) is 31.2 Å². The monoisotopic (exact) mass is 248 g/mol. The van der Waals surface area contributed by atoms with Crippen LogP contribution in [0.3, 0.4) is 0 Å². The summed E-state index contributed by atoms with van der Waals surface area (Å²) in [6.07, 6.45) is 7.71. The summed E-state index contributed by atoms with van der Waals surface area (Å²) in [7, 11) is 0. The number of aliphatic hydroxyl groups is 1. The van der Waals surface area contributed by atoms with Gasteiger partial charge in [-0.05, 0) is 25.3 Å². The molecular formula is C15H20O3. The summed E-state index contributed by atoms with van der Waals surface area (Å²) in [6, 6.07) is 7.90. The third-order valence-electron chi connectivity index (χ3n) is 2.91. The van der Waals surface area contributed by atoms with Crippen molar-refractivity contribution in [3.05, 3.63) is 35.9 Å². The summed E-state index contributed by atoms with van der Waals surface area (Å²) in [5.74, 6) is 0.846. The molecule has 1 aromatic carbocycles. The van der Waals surface area contributed by atoms with Gasteiger partial charge in [0.2, 0.25) is 0 Å². The molecule has 1 N–H and O–H groups in total. The summed E-state index contributed by atoms with van der Waals surface area (Å²) in [6.45, 7) is 0.957. The van der Waals surface area contributed by atoms with Crippen LogP contribution in [-0.4, -0.2) is 24.6 Å². The van der Waals surface area contributed by atoms with Gasteiger partial charge in [-0.1, -0.05) is 30.4 Å². The molecule has 0 amide bonds. The van der Waals surface area contributed by atoms with Gasteiger partial charge in [-0.25, -0.2) is 0 Å². The normalized spacial score (nSPS) is 20.2. The number of benzene rings is 1. The second-order valence-electron chi connectivity index (χ2n) is 4.37. The Morgan fingerprint density at radius 2 is 2.22 bits per heavy atom. The molecule has 0 bridgehead atoms. The van der Waals surface area contributed by atoms with Crippen LogP contribution in [-0.2, 0) is 4.74 Å². The van der Waals surface area contributed by atoms with Crippen molar-refractivity contribution in [1.29, 1.82) is 0 Å². The third-order valence-corrected chi connectivity index (χ3v) is 2.91. The lowest BCUT2D eigenvalue weighted by molar-refractivity contribution is -0.106. The summed E-state index contributed by atoms with van der Waals surface area (Å²) in [5, 5.41) is 8.77. The summed E-state index contributed by atoms with van der Waals surface area (Å²) < 4.78 is 11.5. The van der Waals surface area contributed by atoms with Gasteiger partial charge in [0, 0.05) is 18.6 Å². The van der Waals surface area contributed by atoms with Crippen molar-refractivity contribution >= 4 is 6.08 Å². The first-order valence-electron chi connectivity index (χ1n) is 6.55. The van der Waals surface area contributed by atoms with E-state index in [9.17, 15) is 0 Å². The van der Waals surface area contributed by atoms with Gasteiger partial charge >= 0.3 is 0 Å². The van der Waals surface area contributed by atoms with Crippen molar-refractivity contribution < 1.29 is 14.6 Å². The van der Waals surface area contributed by atoms with Gasteiger partial charge in [-0.3, -0.25) is 0 Å². The Labute approximate surface area is 108 Å². The van der Waals surface area contributed by atoms with Gasteiger partial charge in [0.15, 0.2) is 6.29 Å². The third kappa shape index (κ3) is 3.86. The highest BCUT2D eigenvalue weighted by atomic mass is 16.7. The molecule has 0 aromatic heterocycles. The van der Waals surface area contributed by atoms with Gasteiger partial charge < -0.3 is 14.6 Å². The van der Waals surface area contributed by atoms with Crippen LogP contribution in [0.25, 0.3) is 6.08 Å². The molecule has 1 heterocycles.